The van der Waals surface area contributed by atoms with E-state index in [-0.39, 0.29) is 5.56 Å². The van der Waals surface area contributed by atoms with Gasteiger partial charge in [0.15, 0.2) is 0 Å². The quantitative estimate of drug-likeness (QED) is 0.798. The van der Waals surface area contributed by atoms with Gasteiger partial charge in [0.25, 0.3) is 5.56 Å². The zero-order valence-corrected chi connectivity index (χ0v) is 10.2. The van der Waals surface area contributed by atoms with Crippen molar-refractivity contribution in [2.75, 3.05) is 0 Å². The lowest BCUT2D eigenvalue weighted by Crippen LogP contribution is -2.14. The number of hydrogen-bond donors (Lipinski definition) is 1. The maximum atomic E-state index is 11.4. The smallest absolute Gasteiger partial charge is 0.265 e. The number of hydrogen-bond acceptors (Lipinski definition) is 2. The molecule has 15 heavy (non-hydrogen) atoms. The highest BCUT2D eigenvalue weighted by molar-refractivity contribution is 9.10. The Bertz CT molecular complexity index is 380. The first-order chi connectivity index (χ1) is 7.27. The van der Waals surface area contributed by atoms with Crippen LogP contribution >= 0.6 is 15.9 Å². The maximum Gasteiger partial charge on any atom is 0.265 e. The lowest BCUT2D eigenvalue weighted by atomic mass is 10.00. The highest BCUT2D eigenvalue weighted by Gasteiger charge is 2.16. The number of nitrogens with one attached hydrogen (secondary N) is 1. The first kappa shape index (κ1) is 10.9. The summed E-state index contributed by atoms with van der Waals surface area (Å²) < 4.78 is 0.514. The predicted molar refractivity (Wildman–Crippen MR) is 63.0 cm³/mol. The van der Waals surface area contributed by atoms with Gasteiger partial charge in [-0.05, 0) is 28.8 Å². The minimum atomic E-state index is -0.0655. The third-order valence-electron chi connectivity index (χ3n) is 3.02. The van der Waals surface area contributed by atoms with E-state index in [0.717, 1.165) is 18.7 Å². The van der Waals surface area contributed by atoms with Gasteiger partial charge in [-0.3, -0.25) is 4.79 Å². The molecule has 0 saturated heterocycles. The van der Waals surface area contributed by atoms with Crippen LogP contribution in [0.3, 0.4) is 0 Å². The summed E-state index contributed by atoms with van der Waals surface area (Å²) in [4.78, 5) is 18.6. The average Bonchev–Trinajstić information content (AvgIpc) is 2.50. The average molecular weight is 271 g/mol. The normalized spacial score (nSPS) is 18.7. The Hall–Kier alpha value is -0.640. The Morgan fingerprint density at radius 2 is 1.93 bits per heavy atom. The minimum Gasteiger partial charge on any atom is -0.309 e. The third kappa shape index (κ3) is 2.68. The van der Waals surface area contributed by atoms with E-state index in [0.29, 0.717) is 10.4 Å². The van der Waals surface area contributed by atoms with Gasteiger partial charge in [-0.15, -0.1) is 0 Å². The van der Waals surface area contributed by atoms with Gasteiger partial charge in [-0.1, -0.05) is 25.7 Å². The molecule has 0 bridgehead atoms. The van der Waals surface area contributed by atoms with Crippen LogP contribution in [0.4, 0.5) is 0 Å². The van der Waals surface area contributed by atoms with Gasteiger partial charge in [0.1, 0.15) is 10.3 Å². The summed E-state index contributed by atoms with van der Waals surface area (Å²) in [6, 6.07) is 0. The molecule has 1 aliphatic rings. The number of H-pyrrole nitrogens is 1. The maximum absolute atomic E-state index is 11.4. The van der Waals surface area contributed by atoms with Crippen molar-refractivity contribution in [3.05, 3.63) is 26.8 Å². The zero-order chi connectivity index (χ0) is 10.7. The van der Waals surface area contributed by atoms with Gasteiger partial charge in [-0.25, -0.2) is 4.98 Å². The molecule has 0 spiro atoms. The van der Waals surface area contributed by atoms with E-state index in [1.165, 1.54) is 25.7 Å². The first-order valence-electron chi connectivity index (χ1n) is 5.52. The number of halogens is 1. The second-order valence-electron chi connectivity index (χ2n) is 4.13. The van der Waals surface area contributed by atoms with E-state index in [1.54, 1.807) is 6.20 Å². The van der Waals surface area contributed by atoms with Crippen molar-refractivity contribution in [2.24, 2.45) is 0 Å². The largest absolute Gasteiger partial charge is 0.309 e. The highest BCUT2D eigenvalue weighted by Crippen LogP contribution is 2.28. The van der Waals surface area contributed by atoms with Crippen LogP contribution in [0.5, 0.6) is 0 Å². The van der Waals surface area contributed by atoms with E-state index in [9.17, 15) is 4.79 Å². The fourth-order valence-electron chi connectivity index (χ4n) is 2.15. The second-order valence-corrected chi connectivity index (χ2v) is 4.99. The SMILES string of the molecule is O=c1[nH]c(C2CCCCCC2)ncc1Br. The van der Waals surface area contributed by atoms with Crippen LogP contribution in [-0.4, -0.2) is 9.97 Å². The molecule has 0 radical (unpaired) electrons. The van der Waals surface area contributed by atoms with Gasteiger partial charge >= 0.3 is 0 Å². The molecular weight excluding hydrogens is 256 g/mol. The van der Waals surface area contributed by atoms with Gasteiger partial charge in [0, 0.05) is 12.1 Å². The third-order valence-corrected chi connectivity index (χ3v) is 3.58. The predicted octanol–water partition coefficient (Wildman–Crippen LogP) is 2.97. The zero-order valence-electron chi connectivity index (χ0n) is 8.63. The Morgan fingerprint density at radius 1 is 1.27 bits per heavy atom. The standard InChI is InChI=1S/C11H15BrN2O/c12-9-7-13-10(14-11(9)15)8-5-3-1-2-4-6-8/h7-8H,1-6H2,(H,13,14,15). The molecule has 1 aliphatic carbocycles. The molecule has 0 aliphatic heterocycles. The van der Waals surface area contributed by atoms with E-state index in [4.69, 9.17) is 0 Å². The van der Waals surface area contributed by atoms with Crippen molar-refractivity contribution in [3.63, 3.8) is 0 Å². The molecule has 1 heterocycles. The lowest BCUT2D eigenvalue weighted by Gasteiger charge is -2.12. The Labute approximate surface area is 97.4 Å². The topological polar surface area (TPSA) is 45.8 Å². The molecule has 0 amide bonds. The van der Waals surface area contributed by atoms with Gasteiger partial charge in [-0.2, -0.15) is 0 Å². The summed E-state index contributed by atoms with van der Waals surface area (Å²) in [6.07, 6.45) is 9.07. The van der Waals surface area contributed by atoms with E-state index >= 15 is 0 Å². The molecule has 0 unspecified atom stereocenters. The van der Waals surface area contributed by atoms with Crippen LogP contribution in [0.2, 0.25) is 0 Å². The summed E-state index contributed by atoms with van der Waals surface area (Å²) in [5, 5.41) is 0. The Kier molecular flexibility index (Phi) is 3.57. The molecule has 1 fully saturated rings. The molecule has 1 aromatic heterocycles. The van der Waals surface area contributed by atoms with Crippen molar-refractivity contribution in [1.29, 1.82) is 0 Å². The van der Waals surface area contributed by atoms with Crippen LogP contribution < -0.4 is 5.56 Å². The molecule has 1 aromatic rings. The lowest BCUT2D eigenvalue weighted by molar-refractivity contribution is 0.558. The Balaban J connectivity index is 2.20. The van der Waals surface area contributed by atoms with Gasteiger partial charge in [0.05, 0.1) is 0 Å². The highest BCUT2D eigenvalue weighted by atomic mass is 79.9. The molecule has 0 aromatic carbocycles. The second kappa shape index (κ2) is 4.92. The van der Waals surface area contributed by atoms with Crippen molar-refractivity contribution < 1.29 is 0 Å². The Morgan fingerprint density at radius 3 is 2.53 bits per heavy atom. The monoisotopic (exact) mass is 270 g/mol. The number of aromatic nitrogens is 2. The van der Waals surface area contributed by atoms with Gasteiger partial charge < -0.3 is 4.98 Å². The fraction of sp³-hybridized carbons (Fsp3) is 0.636. The summed E-state index contributed by atoms with van der Waals surface area (Å²) in [7, 11) is 0. The van der Waals surface area contributed by atoms with Crippen LogP contribution in [0.15, 0.2) is 15.5 Å². The number of aromatic amines is 1. The molecule has 3 nitrogen and oxygen atoms in total. The van der Waals surface area contributed by atoms with Crippen LogP contribution in [0.25, 0.3) is 0 Å². The molecule has 4 heteroatoms. The molecular formula is C11H15BrN2O. The summed E-state index contributed by atoms with van der Waals surface area (Å²) >= 11 is 3.16. The van der Waals surface area contributed by atoms with Crippen molar-refractivity contribution in [3.8, 4) is 0 Å². The van der Waals surface area contributed by atoms with Crippen molar-refractivity contribution in [2.45, 2.75) is 44.4 Å². The fourth-order valence-corrected chi connectivity index (χ4v) is 2.35. The summed E-state index contributed by atoms with van der Waals surface area (Å²) in [5.74, 6) is 1.32. The minimum absolute atomic E-state index is 0.0655. The van der Waals surface area contributed by atoms with E-state index in [2.05, 4.69) is 25.9 Å². The molecule has 1 saturated carbocycles. The number of rotatable bonds is 1. The molecule has 1 N–H and O–H groups in total. The summed E-state index contributed by atoms with van der Waals surface area (Å²) in [5.41, 5.74) is -0.0655. The van der Waals surface area contributed by atoms with E-state index in [1.807, 2.05) is 0 Å². The van der Waals surface area contributed by atoms with Gasteiger partial charge in [0.2, 0.25) is 0 Å². The van der Waals surface area contributed by atoms with Crippen molar-refractivity contribution >= 4 is 15.9 Å². The van der Waals surface area contributed by atoms with Crippen molar-refractivity contribution in [1.82, 2.24) is 9.97 Å². The molecule has 2 rings (SSSR count). The first-order valence-corrected chi connectivity index (χ1v) is 6.31. The molecule has 82 valence electrons. The molecule has 0 atom stereocenters. The number of nitrogens with zero attached hydrogens (tertiary/aromatic N) is 1. The van der Waals surface area contributed by atoms with E-state index < -0.39 is 0 Å². The van der Waals surface area contributed by atoms with Crippen LogP contribution in [0.1, 0.15) is 50.3 Å². The van der Waals surface area contributed by atoms with Crippen LogP contribution in [0, 0.1) is 0 Å². The van der Waals surface area contributed by atoms with Crippen LogP contribution in [-0.2, 0) is 0 Å². The summed E-state index contributed by atoms with van der Waals surface area (Å²) in [6.45, 7) is 0.